The average molecular weight is 233 g/mol. The lowest BCUT2D eigenvalue weighted by Crippen LogP contribution is -2.27. The molecular formula is C12H15N3O2. The Balaban J connectivity index is 2.86. The van der Waals surface area contributed by atoms with Gasteiger partial charge in [0.2, 0.25) is 0 Å². The number of amides is 1. The Kier molecular flexibility index (Phi) is 4.35. The number of nitrogens with zero attached hydrogens (tertiary/aromatic N) is 2. The summed E-state index contributed by atoms with van der Waals surface area (Å²) >= 11 is 0. The molecule has 0 aliphatic carbocycles. The quantitative estimate of drug-likeness (QED) is 0.794. The van der Waals surface area contributed by atoms with E-state index in [9.17, 15) is 4.79 Å². The van der Waals surface area contributed by atoms with E-state index in [0.29, 0.717) is 30.0 Å². The molecule has 0 spiro atoms. The minimum absolute atomic E-state index is 0.154. The second-order valence-corrected chi connectivity index (χ2v) is 3.59. The standard InChI is InChI=1S/C12H15N3O2/c1-15(7-3-6-13)12(16)9-4-5-10(14)11(8-9)17-2/h4-5,8H,3,7,14H2,1-2H3. The van der Waals surface area contributed by atoms with E-state index in [0.717, 1.165) is 0 Å². The molecule has 0 heterocycles. The summed E-state index contributed by atoms with van der Waals surface area (Å²) in [7, 11) is 3.15. The third kappa shape index (κ3) is 3.11. The van der Waals surface area contributed by atoms with Crippen molar-refractivity contribution in [2.45, 2.75) is 6.42 Å². The van der Waals surface area contributed by atoms with Gasteiger partial charge in [-0.15, -0.1) is 0 Å². The highest BCUT2D eigenvalue weighted by Gasteiger charge is 2.13. The van der Waals surface area contributed by atoms with Gasteiger partial charge >= 0.3 is 0 Å². The van der Waals surface area contributed by atoms with Gasteiger partial charge in [0.15, 0.2) is 0 Å². The molecule has 1 aromatic carbocycles. The van der Waals surface area contributed by atoms with Crippen LogP contribution in [-0.2, 0) is 0 Å². The Bertz CT molecular complexity index is 452. The largest absolute Gasteiger partial charge is 0.495 e. The Labute approximate surface area is 100 Å². The van der Waals surface area contributed by atoms with Crippen LogP contribution in [0, 0.1) is 11.3 Å². The zero-order valence-corrected chi connectivity index (χ0v) is 9.93. The van der Waals surface area contributed by atoms with Gasteiger partial charge in [-0.25, -0.2) is 0 Å². The predicted octanol–water partition coefficient (Wildman–Crippen LogP) is 1.26. The van der Waals surface area contributed by atoms with Crippen molar-refractivity contribution in [1.29, 1.82) is 5.26 Å². The maximum Gasteiger partial charge on any atom is 0.253 e. The Hall–Kier alpha value is -2.22. The first-order valence-electron chi connectivity index (χ1n) is 5.16. The molecule has 5 heteroatoms. The molecule has 1 aromatic rings. The van der Waals surface area contributed by atoms with E-state index >= 15 is 0 Å². The van der Waals surface area contributed by atoms with Gasteiger partial charge < -0.3 is 15.4 Å². The van der Waals surface area contributed by atoms with Crippen LogP contribution in [-0.4, -0.2) is 31.5 Å². The summed E-state index contributed by atoms with van der Waals surface area (Å²) < 4.78 is 5.05. The zero-order chi connectivity index (χ0) is 12.8. The molecule has 0 aliphatic rings. The second-order valence-electron chi connectivity index (χ2n) is 3.59. The molecule has 1 amide bonds. The molecular weight excluding hydrogens is 218 g/mol. The lowest BCUT2D eigenvalue weighted by atomic mass is 10.1. The van der Waals surface area contributed by atoms with Crippen molar-refractivity contribution in [1.82, 2.24) is 4.90 Å². The van der Waals surface area contributed by atoms with Gasteiger partial charge in [-0.2, -0.15) is 5.26 Å². The fraction of sp³-hybridized carbons (Fsp3) is 0.333. The smallest absolute Gasteiger partial charge is 0.253 e. The van der Waals surface area contributed by atoms with Gasteiger partial charge in [0.25, 0.3) is 5.91 Å². The molecule has 17 heavy (non-hydrogen) atoms. The van der Waals surface area contributed by atoms with Crippen molar-refractivity contribution in [2.75, 3.05) is 26.4 Å². The highest BCUT2D eigenvalue weighted by Crippen LogP contribution is 2.22. The summed E-state index contributed by atoms with van der Waals surface area (Å²) in [6.45, 7) is 0.405. The van der Waals surface area contributed by atoms with Gasteiger partial charge in [-0.05, 0) is 18.2 Å². The number of hydrogen-bond acceptors (Lipinski definition) is 4. The van der Waals surface area contributed by atoms with Crippen LogP contribution in [0.25, 0.3) is 0 Å². The number of carbonyl (C=O) groups is 1. The van der Waals surface area contributed by atoms with E-state index in [1.165, 1.54) is 12.0 Å². The Morgan fingerprint density at radius 1 is 1.59 bits per heavy atom. The van der Waals surface area contributed by atoms with Crippen molar-refractivity contribution in [3.05, 3.63) is 23.8 Å². The second kappa shape index (κ2) is 5.75. The molecule has 0 bridgehead atoms. The number of anilines is 1. The number of nitrogens with two attached hydrogens (primary N) is 1. The summed E-state index contributed by atoms with van der Waals surface area (Å²) in [6, 6.07) is 6.87. The minimum Gasteiger partial charge on any atom is -0.495 e. The number of benzene rings is 1. The third-order valence-corrected chi connectivity index (χ3v) is 2.39. The first-order chi connectivity index (χ1) is 8.10. The molecule has 5 nitrogen and oxygen atoms in total. The van der Waals surface area contributed by atoms with Crippen LogP contribution in [0.4, 0.5) is 5.69 Å². The fourth-order valence-electron chi connectivity index (χ4n) is 1.38. The summed E-state index contributed by atoms with van der Waals surface area (Å²) in [6.07, 6.45) is 0.314. The highest BCUT2D eigenvalue weighted by molar-refractivity contribution is 5.95. The van der Waals surface area contributed by atoms with Gasteiger partial charge in [-0.1, -0.05) is 0 Å². The summed E-state index contributed by atoms with van der Waals surface area (Å²) in [4.78, 5) is 13.4. The van der Waals surface area contributed by atoms with Gasteiger partial charge in [0.05, 0.1) is 25.3 Å². The van der Waals surface area contributed by atoms with Crippen molar-refractivity contribution >= 4 is 11.6 Å². The molecule has 0 aromatic heterocycles. The molecule has 0 aliphatic heterocycles. The lowest BCUT2D eigenvalue weighted by Gasteiger charge is -2.16. The molecule has 0 saturated heterocycles. The summed E-state index contributed by atoms with van der Waals surface area (Å²) in [5, 5.41) is 8.46. The first-order valence-corrected chi connectivity index (χ1v) is 5.16. The Morgan fingerprint density at radius 3 is 2.88 bits per heavy atom. The molecule has 0 atom stereocenters. The lowest BCUT2D eigenvalue weighted by molar-refractivity contribution is 0.0797. The van der Waals surface area contributed by atoms with Crippen molar-refractivity contribution in [3.63, 3.8) is 0 Å². The summed E-state index contributed by atoms with van der Waals surface area (Å²) in [5.41, 5.74) is 6.65. The third-order valence-electron chi connectivity index (χ3n) is 2.39. The van der Waals surface area contributed by atoms with E-state index in [1.54, 1.807) is 25.2 Å². The fourth-order valence-corrected chi connectivity index (χ4v) is 1.38. The van der Waals surface area contributed by atoms with E-state index in [4.69, 9.17) is 15.7 Å². The number of rotatable bonds is 4. The molecule has 0 fully saturated rings. The average Bonchev–Trinajstić information content (AvgIpc) is 2.35. The molecule has 0 radical (unpaired) electrons. The number of ether oxygens (including phenoxy) is 1. The Morgan fingerprint density at radius 2 is 2.29 bits per heavy atom. The van der Waals surface area contributed by atoms with Crippen LogP contribution in [0.1, 0.15) is 16.8 Å². The minimum atomic E-state index is -0.154. The number of nitriles is 1. The normalized spacial score (nSPS) is 9.47. The van der Waals surface area contributed by atoms with Crippen LogP contribution < -0.4 is 10.5 Å². The first kappa shape index (κ1) is 12.8. The number of carbonyl (C=O) groups excluding carboxylic acids is 1. The molecule has 90 valence electrons. The van der Waals surface area contributed by atoms with Gasteiger partial charge in [0, 0.05) is 19.2 Å². The molecule has 0 unspecified atom stereocenters. The number of methoxy groups -OCH3 is 1. The van der Waals surface area contributed by atoms with Crippen LogP contribution >= 0.6 is 0 Å². The predicted molar refractivity (Wildman–Crippen MR) is 64.6 cm³/mol. The topological polar surface area (TPSA) is 79.3 Å². The summed E-state index contributed by atoms with van der Waals surface area (Å²) in [5.74, 6) is 0.322. The van der Waals surface area contributed by atoms with Crippen LogP contribution in [0.3, 0.4) is 0 Å². The van der Waals surface area contributed by atoms with Crippen LogP contribution in [0.2, 0.25) is 0 Å². The van der Waals surface area contributed by atoms with Crippen molar-refractivity contribution in [2.24, 2.45) is 0 Å². The van der Waals surface area contributed by atoms with E-state index in [2.05, 4.69) is 0 Å². The number of nitrogen functional groups attached to an aromatic ring is 1. The maximum atomic E-state index is 12.0. The van der Waals surface area contributed by atoms with Crippen molar-refractivity contribution in [3.8, 4) is 11.8 Å². The van der Waals surface area contributed by atoms with E-state index in [-0.39, 0.29) is 5.91 Å². The monoisotopic (exact) mass is 233 g/mol. The van der Waals surface area contributed by atoms with E-state index < -0.39 is 0 Å². The SMILES string of the molecule is COc1cc(C(=O)N(C)CCC#N)ccc1N. The van der Waals surface area contributed by atoms with Crippen LogP contribution in [0.5, 0.6) is 5.75 Å². The highest BCUT2D eigenvalue weighted by atomic mass is 16.5. The zero-order valence-electron chi connectivity index (χ0n) is 9.93. The molecule has 2 N–H and O–H groups in total. The van der Waals surface area contributed by atoms with Gasteiger partial charge in [-0.3, -0.25) is 4.79 Å². The molecule has 1 rings (SSSR count). The number of hydrogen-bond donors (Lipinski definition) is 1. The van der Waals surface area contributed by atoms with Crippen molar-refractivity contribution < 1.29 is 9.53 Å². The maximum absolute atomic E-state index is 12.0. The molecule has 0 saturated carbocycles. The van der Waals surface area contributed by atoms with Crippen LogP contribution in [0.15, 0.2) is 18.2 Å². The van der Waals surface area contributed by atoms with Gasteiger partial charge in [0.1, 0.15) is 5.75 Å². The van der Waals surface area contributed by atoms with E-state index in [1.807, 2.05) is 6.07 Å².